The van der Waals surface area contributed by atoms with E-state index >= 15 is 0 Å². The Labute approximate surface area is 124 Å². The zero-order chi connectivity index (χ0) is 15.3. The summed E-state index contributed by atoms with van der Waals surface area (Å²) in [6, 6.07) is 5.32. The summed E-state index contributed by atoms with van der Waals surface area (Å²) < 4.78 is 48.9. The van der Waals surface area contributed by atoms with Crippen LogP contribution in [0.5, 0.6) is 5.75 Å². The van der Waals surface area contributed by atoms with Crippen LogP contribution in [0.1, 0.15) is 5.56 Å². The first kappa shape index (κ1) is 16.2. The van der Waals surface area contributed by atoms with E-state index < -0.39 is 32.6 Å². The monoisotopic (exact) mass is 396 g/mol. The summed E-state index contributed by atoms with van der Waals surface area (Å²) in [6.45, 7) is 0. The summed E-state index contributed by atoms with van der Waals surface area (Å²) in [5.41, 5.74) is 0.653. The largest absolute Gasteiger partial charge is 0.503 e. The molecule has 0 aliphatic rings. The molecule has 1 aromatic carbocycles. The molecule has 1 N–H and O–H groups in total. The molecule has 20 heavy (non-hydrogen) atoms. The van der Waals surface area contributed by atoms with E-state index in [1.807, 2.05) is 6.07 Å². The third-order valence-corrected chi connectivity index (χ3v) is 2.94. The minimum absolute atomic E-state index is 0.653. The van der Waals surface area contributed by atoms with E-state index in [9.17, 15) is 17.6 Å². The van der Waals surface area contributed by atoms with Gasteiger partial charge >= 0.3 is 0 Å². The predicted molar refractivity (Wildman–Crippen MR) is 69.6 cm³/mol. The molecule has 0 unspecified atom stereocenters. The van der Waals surface area contributed by atoms with Gasteiger partial charge in [0, 0.05) is 12.4 Å². The summed E-state index contributed by atoms with van der Waals surface area (Å²) >= 11 is 1.10. The minimum atomic E-state index is -1.78. The fraction of sp³-hybridized carbons (Fsp3) is 0. The van der Waals surface area contributed by atoms with Gasteiger partial charge in [0.05, 0.1) is 15.2 Å². The molecular formula is C12H5F4IN2O. The second-order valence-electron chi connectivity index (χ2n) is 3.27. The molecule has 0 bridgehead atoms. The smallest absolute Gasteiger partial charge is 0.204 e. The molecule has 2 rings (SSSR count). The minimum Gasteiger partial charge on any atom is -0.503 e. The lowest BCUT2D eigenvalue weighted by Crippen LogP contribution is -1.98. The number of rotatable bonds is 0. The summed E-state index contributed by atoms with van der Waals surface area (Å²) in [5, 5.41) is 16.7. The molecule has 0 saturated carbocycles. The van der Waals surface area contributed by atoms with Gasteiger partial charge in [-0.25, -0.2) is 8.78 Å². The number of hydrogen-bond donors (Lipinski definition) is 1. The van der Waals surface area contributed by atoms with Crippen LogP contribution in [0.15, 0.2) is 24.5 Å². The predicted octanol–water partition coefficient (Wildman–Crippen LogP) is 3.51. The normalized spacial score (nSPS) is 9.40. The van der Waals surface area contributed by atoms with Crippen LogP contribution < -0.4 is 0 Å². The number of phenolic OH excluding ortho intramolecular Hbond substituents is 1. The molecule has 104 valence electrons. The van der Waals surface area contributed by atoms with Crippen molar-refractivity contribution in [2.24, 2.45) is 0 Å². The second kappa shape index (κ2) is 7.04. The van der Waals surface area contributed by atoms with Gasteiger partial charge in [-0.2, -0.15) is 14.0 Å². The molecule has 0 atom stereocenters. The number of hydrogen-bond acceptors (Lipinski definition) is 3. The Morgan fingerprint density at radius 2 is 1.45 bits per heavy atom. The number of aromatic nitrogens is 1. The van der Waals surface area contributed by atoms with E-state index in [1.165, 1.54) is 0 Å². The highest BCUT2D eigenvalue weighted by Crippen LogP contribution is 2.29. The number of pyridine rings is 1. The highest BCUT2D eigenvalue weighted by Gasteiger charge is 2.23. The van der Waals surface area contributed by atoms with Crippen LogP contribution >= 0.6 is 22.6 Å². The van der Waals surface area contributed by atoms with Crippen molar-refractivity contribution in [3.63, 3.8) is 0 Å². The van der Waals surface area contributed by atoms with Gasteiger partial charge in [0.1, 0.15) is 0 Å². The molecule has 0 aliphatic carbocycles. The van der Waals surface area contributed by atoms with Crippen LogP contribution in [-0.4, -0.2) is 10.1 Å². The van der Waals surface area contributed by atoms with Crippen LogP contribution in [-0.2, 0) is 0 Å². The zero-order valence-corrected chi connectivity index (χ0v) is 11.7. The van der Waals surface area contributed by atoms with Gasteiger partial charge in [-0.15, -0.1) is 0 Å². The fourth-order valence-electron chi connectivity index (χ4n) is 1.02. The molecule has 1 heterocycles. The van der Waals surface area contributed by atoms with E-state index in [1.54, 1.807) is 24.5 Å². The Balaban J connectivity index is 0.000000217. The summed E-state index contributed by atoms with van der Waals surface area (Å²) in [5.74, 6) is -8.37. The van der Waals surface area contributed by atoms with Gasteiger partial charge in [0.25, 0.3) is 0 Å². The van der Waals surface area contributed by atoms with Crippen molar-refractivity contribution in [2.45, 2.75) is 0 Å². The van der Waals surface area contributed by atoms with E-state index in [-0.39, 0.29) is 0 Å². The van der Waals surface area contributed by atoms with Crippen molar-refractivity contribution in [3.8, 4) is 11.8 Å². The Kier molecular flexibility index (Phi) is 5.69. The first-order valence-corrected chi connectivity index (χ1v) is 5.98. The molecule has 0 spiro atoms. The number of benzene rings is 1. The third kappa shape index (κ3) is 3.57. The average Bonchev–Trinajstić information content (AvgIpc) is 2.50. The summed E-state index contributed by atoms with van der Waals surface area (Å²) in [6.07, 6.45) is 3.19. The number of phenols is 1. The summed E-state index contributed by atoms with van der Waals surface area (Å²) in [7, 11) is 0. The summed E-state index contributed by atoms with van der Waals surface area (Å²) in [4.78, 5) is 3.74. The van der Waals surface area contributed by atoms with Crippen LogP contribution in [0.4, 0.5) is 17.6 Å². The van der Waals surface area contributed by atoms with Gasteiger partial charge in [0.2, 0.25) is 11.6 Å². The topological polar surface area (TPSA) is 56.9 Å². The van der Waals surface area contributed by atoms with E-state index in [0.717, 1.165) is 22.6 Å². The molecule has 2 aromatic rings. The molecule has 0 fully saturated rings. The van der Waals surface area contributed by atoms with E-state index in [0.29, 0.717) is 5.56 Å². The van der Waals surface area contributed by atoms with Crippen molar-refractivity contribution in [1.82, 2.24) is 4.98 Å². The Morgan fingerprint density at radius 1 is 1.00 bits per heavy atom. The van der Waals surface area contributed by atoms with Crippen LogP contribution in [0, 0.1) is 38.2 Å². The van der Waals surface area contributed by atoms with Crippen molar-refractivity contribution in [3.05, 3.63) is 56.9 Å². The molecule has 0 saturated heterocycles. The van der Waals surface area contributed by atoms with Gasteiger partial charge in [-0.3, -0.25) is 4.98 Å². The van der Waals surface area contributed by atoms with Crippen molar-refractivity contribution in [1.29, 1.82) is 5.26 Å². The number of nitrogens with zero attached hydrogens (tertiary/aromatic N) is 2. The lowest BCUT2D eigenvalue weighted by molar-refractivity contribution is 0.353. The molecule has 0 radical (unpaired) electrons. The first-order chi connectivity index (χ1) is 9.40. The Bertz CT molecular complexity index is 554. The fourth-order valence-corrected chi connectivity index (χ4v) is 1.49. The lowest BCUT2D eigenvalue weighted by Gasteiger charge is -2.02. The van der Waals surface area contributed by atoms with Gasteiger partial charge in [-0.05, 0) is 34.7 Å². The van der Waals surface area contributed by atoms with Crippen LogP contribution in [0.25, 0.3) is 0 Å². The molecule has 0 amide bonds. The number of aromatic hydroxyl groups is 1. The second-order valence-corrected chi connectivity index (χ2v) is 4.34. The molecule has 0 aliphatic heterocycles. The molecular weight excluding hydrogens is 391 g/mol. The standard InChI is InChI=1S/C6HF4IO.C6H4N2/c7-1-3(9)6(12)4(10)2(8)5(1)11;7-5-6-1-3-8-4-2-6/h12H;1-4H. The number of halogens is 5. The van der Waals surface area contributed by atoms with Gasteiger partial charge < -0.3 is 5.11 Å². The third-order valence-electron chi connectivity index (χ3n) is 2.00. The molecule has 8 heteroatoms. The Hall–Kier alpha value is -1.89. The highest BCUT2D eigenvalue weighted by molar-refractivity contribution is 14.1. The van der Waals surface area contributed by atoms with Crippen molar-refractivity contribution >= 4 is 22.6 Å². The molecule has 1 aromatic heterocycles. The highest BCUT2D eigenvalue weighted by atomic mass is 127. The van der Waals surface area contributed by atoms with Crippen LogP contribution in [0.3, 0.4) is 0 Å². The first-order valence-electron chi connectivity index (χ1n) is 4.90. The van der Waals surface area contributed by atoms with Gasteiger partial charge in [0.15, 0.2) is 17.4 Å². The van der Waals surface area contributed by atoms with Crippen LogP contribution in [0.2, 0.25) is 0 Å². The zero-order valence-electron chi connectivity index (χ0n) is 9.54. The molecule has 3 nitrogen and oxygen atoms in total. The average molecular weight is 396 g/mol. The van der Waals surface area contributed by atoms with Gasteiger partial charge in [-0.1, -0.05) is 0 Å². The SMILES string of the molecule is N#Cc1ccncc1.Oc1c(F)c(F)c(I)c(F)c1F. The lowest BCUT2D eigenvalue weighted by atomic mass is 10.3. The quantitative estimate of drug-likeness (QED) is 0.321. The van der Waals surface area contributed by atoms with Crippen molar-refractivity contribution in [2.75, 3.05) is 0 Å². The van der Waals surface area contributed by atoms with E-state index in [4.69, 9.17) is 10.4 Å². The van der Waals surface area contributed by atoms with E-state index in [2.05, 4.69) is 4.98 Å². The maximum atomic E-state index is 12.5. The number of nitriles is 1. The maximum absolute atomic E-state index is 12.5. The van der Waals surface area contributed by atoms with Crippen molar-refractivity contribution < 1.29 is 22.7 Å². The Morgan fingerprint density at radius 3 is 1.80 bits per heavy atom. The maximum Gasteiger partial charge on any atom is 0.204 e.